The van der Waals surface area contributed by atoms with E-state index in [2.05, 4.69) is 12.2 Å². The molecule has 2 aliphatic rings. The van der Waals surface area contributed by atoms with Gasteiger partial charge < -0.3 is 14.8 Å². The van der Waals surface area contributed by atoms with Crippen molar-refractivity contribution in [1.82, 2.24) is 5.32 Å². The summed E-state index contributed by atoms with van der Waals surface area (Å²) in [5, 5.41) is 4.22. The summed E-state index contributed by atoms with van der Waals surface area (Å²) >= 11 is 6.43. The van der Waals surface area contributed by atoms with Crippen molar-refractivity contribution >= 4 is 11.6 Å². The normalized spacial score (nSPS) is 19.5. The molecule has 2 aliphatic heterocycles. The molecule has 1 fully saturated rings. The first-order valence-corrected chi connectivity index (χ1v) is 7.42. The molecule has 0 aliphatic carbocycles. The van der Waals surface area contributed by atoms with Gasteiger partial charge in [-0.2, -0.15) is 0 Å². The highest BCUT2D eigenvalue weighted by Crippen LogP contribution is 2.40. The molecule has 0 bridgehead atoms. The molecule has 0 amide bonds. The maximum absolute atomic E-state index is 6.43. The fraction of sp³-hybridized carbons (Fsp3) is 0.600. The fourth-order valence-corrected chi connectivity index (χ4v) is 3.29. The van der Waals surface area contributed by atoms with Gasteiger partial charge in [0.1, 0.15) is 13.2 Å². The van der Waals surface area contributed by atoms with Crippen molar-refractivity contribution in [2.45, 2.75) is 26.2 Å². The molecule has 104 valence electrons. The van der Waals surface area contributed by atoms with E-state index in [1.807, 2.05) is 6.07 Å². The highest BCUT2D eigenvalue weighted by molar-refractivity contribution is 6.31. The van der Waals surface area contributed by atoms with Gasteiger partial charge in [-0.3, -0.25) is 0 Å². The van der Waals surface area contributed by atoms with E-state index in [-0.39, 0.29) is 0 Å². The van der Waals surface area contributed by atoms with E-state index < -0.39 is 0 Å². The van der Waals surface area contributed by atoms with Crippen LogP contribution in [0.5, 0.6) is 11.5 Å². The Morgan fingerprint density at radius 3 is 2.79 bits per heavy atom. The van der Waals surface area contributed by atoms with Crippen LogP contribution in [0, 0.1) is 12.8 Å². The SMILES string of the molecule is Cc1c(CC2CCNCC2)c(Cl)cc2c1OCCO2. The largest absolute Gasteiger partial charge is 0.486 e. The van der Waals surface area contributed by atoms with Crippen LogP contribution in [0.15, 0.2) is 6.07 Å². The van der Waals surface area contributed by atoms with E-state index >= 15 is 0 Å². The molecular weight excluding hydrogens is 262 g/mol. The van der Waals surface area contributed by atoms with Gasteiger partial charge in [-0.25, -0.2) is 0 Å². The minimum atomic E-state index is 0.608. The van der Waals surface area contributed by atoms with E-state index in [0.717, 1.165) is 47.5 Å². The maximum atomic E-state index is 6.43. The zero-order chi connectivity index (χ0) is 13.2. The van der Waals surface area contributed by atoms with Crippen LogP contribution in [-0.4, -0.2) is 26.3 Å². The molecule has 0 atom stereocenters. The van der Waals surface area contributed by atoms with Crippen molar-refractivity contribution in [3.05, 3.63) is 22.2 Å². The van der Waals surface area contributed by atoms with Crippen molar-refractivity contribution in [2.75, 3.05) is 26.3 Å². The van der Waals surface area contributed by atoms with Gasteiger partial charge in [0.05, 0.1) is 0 Å². The van der Waals surface area contributed by atoms with Gasteiger partial charge in [0.25, 0.3) is 0 Å². The summed E-state index contributed by atoms with van der Waals surface area (Å²) in [6.45, 7) is 5.56. The van der Waals surface area contributed by atoms with Crippen molar-refractivity contribution in [3.63, 3.8) is 0 Å². The Kier molecular flexibility index (Phi) is 3.85. The summed E-state index contributed by atoms with van der Waals surface area (Å²) in [6, 6.07) is 1.92. The van der Waals surface area contributed by atoms with Crippen LogP contribution in [0.4, 0.5) is 0 Å². The number of benzene rings is 1. The van der Waals surface area contributed by atoms with Crippen LogP contribution in [0.3, 0.4) is 0 Å². The van der Waals surface area contributed by atoms with Crippen LogP contribution in [0.25, 0.3) is 0 Å². The molecule has 0 radical (unpaired) electrons. The number of ether oxygens (including phenoxy) is 2. The zero-order valence-corrected chi connectivity index (χ0v) is 12.1. The molecule has 1 aromatic carbocycles. The third-order valence-corrected chi connectivity index (χ3v) is 4.44. The summed E-state index contributed by atoms with van der Waals surface area (Å²) in [5.41, 5.74) is 2.39. The first kappa shape index (κ1) is 13.1. The molecule has 19 heavy (non-hydrogen) atoms. The van der Waals surface area contributed by atoms with Crippen LogP contribution < -0.4 is 14.8 Å². The third kappa shape index (κ3) is 2.67. The molecule has 0 spiro atoms. The first-order valence-electron chi connectivity index (χ1n) is 7.04. The van der Waals surface area contributed by atoms with Gasteiger partial charge in [0.2, 0.25) is 0 Å². The fourth-order valence-electron chi connectivity index (χ4n) is 2.98. The number of hydrogen-bond acceptors (Lipinski definition) is 3. The lowest BCUT2D eigenvalue weighted by Crippen LogP contribution is -2.29. The molecule has 0 unspecified atom stereocenters. The lowest BCUT2D eigenvalue weighted by molar-refractivity contribution is 0.170. The Hall–Kier alpha value is -0.930. The molecule has 0 aromatic heterocycles. The number of hydrogen-bond donors (Lipinski definition) is 1. The molecule has 2 heterocycles. The Balaban J connectivity index is 1.87. The molecule has 1 N–H and O–H groups in total. The predicted molar refractivity (Wildman–Crippen MR) is 76.5 cm³/mol. The van der Waals surface area contributed by atoms with Crippen molar-refractivity contribution < 1.29 is 9.47 Å². The monoisotopic (exact) mass is 281 g/mol. The summed E-state index contributed by atoms with van der Waals surface area (Å²) in [4.78, 5) is 0. The Morgan fingerprint density at radius 2 is 2.00 bits per heavy atom. The zero-order valence-electron chi connectivity index (χ0n) is 11.3. The number of rotatable bonds is 2. The highest BCUT2D eigenvalue weighted by atomic mass is 35.5. The van der Waals surface area contributed by atoms with Gasteiger partial charge in [0.15, 0.2) is 11.5 Å². The third-order valence-electron chi connectivity index (χ3n) is 4.10. The van der Waals surface area contributed by atoms with E-state index in [1.165, 1.54) is 18.4 Å². The summed E-state index contributed by atoms with van der Waals surface area (Å²) < 4.78 is 11.4. The van der Waals surface area contributed by atoms with Gasteiger partial charge in [0, 0.05) is 11.1 Å². The van der Waals surface area contributed by atoms with Crippen LogP contribution in [0.1, 0.15) is 24.0 Å². The van der Waals surface area contributed by atoms with E-state index in [9.17, 15) is 0 Å². The maximum Gasteiger partial charge on any atom is 0.164 e. The first-order chi connectivity index (χ1) is 9.25. The molecule has 0 saturated carbocycles. The van der Waals surface area contributed by atoms with Gasteiger partial charge >= 0.3 is 0 Å². The Bertz CT molecular complexity index is 470. The molecular formula is C15H20ClNO2. The van der Waals surface area contributed by atoms with Crippen molar-refractivity contribution in [2.24, 2.45) is 5.92 Å². The Morgan fingerprint density at radius 1 is 1.26 bits per heavy atom. The van der Waals surface area contributed by atoms with Crippen molar-refractivity contribution in [3.8, 4) is 11.5 Å². The molecule has 4 heteroatoms. The summed E-state index contributed by atoms with van der Waals surface area (Å²) in [6.07, 6.45) is 3.50. The second-order valence-electron chi connectivity index (χ2n) is 5.38. The summed E-state index contributed by atoms with van der Waals surface area (Å²) in [5.74, 6) is 2.41. The van der Waals surface area contributed by atoms with Crippen LogP contribution in [-0.2, 0) is 6.42 Å². The minimum absolute atomic E-state index is 0.608. The second kappa shape index (κ2) is 5.59. The molecule has 3 rings (SSSR count). The van der Waals surface area contributed by atoms with E-state index in [0.29, 0.717) is 13.2 Å². The topological polar surface area (TPSA) is 30.5 Å². The molecule has 3 nitrogen and oxygen atoms in total. The lowest BCUT2D eigenvalue weighted by Gasteiger charge is -2.26. The van der Waals surface area contributed by atoms with E-state index in [1.54, 1.807) is 0 Å². The molecule has 1 aromatic rings. The predicted octanol–water partition coefficient (Wildman–Crippen LogP) is 2.96. The standard InChI is InChI=1S/C15H20ClNO2/c1-10-12(8-11-2-4-17-5-3-11)13(16)9-14-15(10)19-7-6-18-14/h9,11,17H,2-8H2,1H3. The van der Waals surface area contributed by atoms with Gasteiger partial charge in [-0.05, 0) is 56.3 Å². The second-order valence-corrected chi connectivity index (χ2v) is 5.79. The van der Waals surface area contributed by atoms with E-state index in [4.69, 9.17) is 21.1 Å². The van der Waals surface area contributed by atoms with Crippen LogP contribution in [0.2, 0.25) is 5.02 Å². The number of fused-ring (bicyclic) bond motifs is 1. The Labute approximate surface area is 119 Å². The average Bonchev–Trinajstić information content (AvgIpc) is 2.45. The van der Waals surface area contributed by atoms with Crippen molar-refractivity contribution in [1.29, 1.82) is 0 Å². The molecule has 1 saturated heterocycles. The number of halogens is 1. The van der Waals surface area contributed by atoms with Gasteiger partial charge in [-0.1, -0.05) is 11.6 Å². The number of piperidine rings is 1. The number of nitrogens with one attached hydrogen (secondary N) is 1. The van der Waals surface area contributed by atoms with Gasteiger partial charge in [-0.15, -0.1) is 0 Å². The smallest absolute Gasteiger partial charge is 0.164 e. The highest BCUT2D eigenvalue weighted by Gasteiger charge is 2.22. The minimum Gasteiger partial charge on any atom is -0.486 e. The quantitative estimate of drug-likeness (QED) is 0.904. The lowest BCUT2D eigenvalue weighted by atomic mass is 9.89. The summed E-state index contributed by atoms with van der Waals surface area (Å²) in [7, 11) is 0. The average molecular weight is 282 g/mol. The van der Waals surface area contributed by atoms with Crippen LogP contribution >= 0.6 is 11.6 Å².